The van der Waals surface area contributed by atoms with Crippen LogP contribution in [0.1, 0.15) is 11.1 Å². The average molecular weight is 331 g/mol. The van der Waals surface area contributed by atoms with Gasteiger partial charge in [0.05, 0.1) is 0 Å². The predicted octanol–water partition coefficient (Wildman–Crippen LogP) is 2.67. The molecule has 0 radical (unpaired) electrons. The van der Waals surface area contributed by atoms with Crippen LogP contribution in [0.2, 0.25) is 0 Å². The second-order valence-electron chi connectivity index (χ2n) is 5.17. The minimum atomic E-state index is -0.652. The van der Waals surface area contributed by atoms with Crippen molar-refractivity contribution in [3.05, 3.63) is 59.4 Å². The Balaban J connectivity index is 1.73. The van der Waals surface area contributed by atoms with Gasteiger partial charge in [0.15, 0.2) is 6.61 Å². The van der Waals surface area contributed by atoms with E-state index in [1.54, 1.807) is 6.07 Å². The van der Waals surface area contributed by atoms with Crippen molar-refractivity contribution in [1.29, 1.82) is 0 Å². The summed E-state index contributed by atoms with van der Waals surface area (Å²) in [6.07, 6.45) is 0. The number of carbonyl (C=O) groups excluding carboxylic acids is 2. The molecule has 7 heteroatoms. The SMILES string of the molecule is Cc1ccc(OCC(=O)NNC(=O)Nc2ccc(F)cc2)cc1C. The Morgan fingerprint density at radius 1 is 1.00 bits per heavy atom. The Morgan fingerprint density at radius 2 is 1.71 bits per heavy atom. The number of benzene rings is 2. The predicted molar refractivity (Wildman–Crippen MR) is 88.1 cm³/mol. The smallest absolute Gasteiger partial charge is 0.337 e. The van der Waals surface area contributed by atoms with E-state index in [9.17, 15) is 14.0 Å². The average Bonchev–Trinajstić information content (AvgIpc) is 2.56. The van der Waals surface area contributed by atoms with Gasteiger partial charge in [0.25, 0.3) is 5.91 Å². The second kappa shape index (κ2) is 7.96. The standard InChI is InChI=1S/C17H18FN3O3/c1-11-3-8-15(9-12(11)2)24-10-16(22)20-21-17(23)19-14-6-4-13(18)5-7-14/h3-9H,10H2,1-2H3,(H,20,22)(H2,19,21,23). The fourth-order valence-corrected chi connectivity index (χ4v) is 1.81. The molecule has 0 unspecified atom stereocenters. The monoisotopic (exact) mass is 331 g/mol. The van der Waals surface area contributed by atoms with Gasteiger partial charge < -0.3 is 10.1 Å². The van der Waals surface area contributed by atoms with Gasteiger partial charge in [-0.05, 0) is 61.4 Å². The maximum atomic E-state index is 12.8. The summed E-state index contributed by atoms with van der Waals surface area (Å²) in [5.74, 6) is -0.343. The van der Waals surface area contributed by atoms with Crippen LogP contribution in [-0.4, -0.2) is 18.5 Å². The molecule has 2 aromatic carbocycles. The summed E-state index contributed by atoms with van der Waals surface area (Å²) >= 11 is 0. The van der Waals surface area contributed by atoms with Crippen LogP contribution in [0.15, 0.2) is 42.5 Å². The molecular weight excluding hydrogens is 313 g/mol. The number of hydrogen-bond donors (Lipinski definition) is 3. The molecule has 0 aliphatic rings. The van der Waals surface area contributed by atoms with Crippen molar-refractivity contribution >= 4 is 17.6 Å². The molecule has 6 nitrogen and oxygen atoms in total. The third-order valence-corrected chi connectivity index (χ3v) is 3.27. The maximum Gasteiger partial charge on any atom is 0.337 e. The highest BCUT2D eigenvalue weighted by Crippen LogP contribution is 2.16. The van der Waals surface area contributed by atoms with Gasteiger partial charge in [-0.25, -0.2) is 14.6 Å². The molecule has 2 aromatic rings. The molecule has 0 aromatic heterocycles. The first-order chi connectivity index (χ1) is 11.4. The van der Waals surface area contributed by atoms with Crippen LogP contribution in [0.3, 0.4) is 0 Å². The number of hydrogen-bond acceptors (Lipinski definition) is 3. The van der Waals surface area contributed by atoms with Gasteiger partial charge in [0.2, 0.25) is 0 Å². The molecule has 0 atom stereocenters. The van der Waals surface area contributed by atoms with Crippen LogP contribution in [0.4, 0.5) is 14.9 Å². The van der Waals surface area contributed by atoms with Crippen molar-refractivity contribution in [2.45, 2.75) is 13.8 Å². The Labute approximate surface area is 139 Å². The van der Waals surface area contributed by atoms with Crippen LogP contribution in [0.25, 0.3) is 0 Å². The Bertz CT molecular complexity index is 732. The zero-order chi connectivity index (χ0) is 17.5. The fourth-order valence-electron chi connectivity index (χ4n) is 1.81. The minimum absolute atomic E-state index is 0.237. The van der Waals surface area contributed by atoms with E-state index in [1.807, 2.05) is 26.0 Å². The van der Waals surface area contributed by atoms with Gasteiger partial charge in [0, 0.05) is 5.69 Å². The first-order valence-corrected chi connectivity index (χ1v) is 7.25. The molecule has 0 heterocycles. The Morgan fingerprint density at radius 3 is 2.38 bits per heavy atom. The van der Waals surface area contributed by atoms with E-state index in [0.717, 1.165) is 11.1 Å². The van der Waals surface area contributed by atoms with E-state index in [1.165, 1.54) is 24.3 Å². The largest absolute Gasteiger partial charge is 0.484 e. The van der Waals surface area contributed by atoms with E-state index in [-0.39, 0.29) is 6.61 Å². The third-order valence-electron chi connectivity index (χ3n) is 3.27. The van der Waals surface area contributed by atoms with Crippen LogP contribution in [0.5, 0.6) is 5.75 Å². The maximum absolute atomic E-state index is 12.8. The van der Waals surface area contributed by atoms with Crippen LogP contribution >= 0.6 is 0 Å². The van der Waals surface area contributed by atoms with Gasteiger partial charge in [-0.15, -0.1) is 0 Å². The van der Waals surface area contributed by atoms with E-state index >= 15 is 0 Å². The molecule has 0 bridgehead atoms. The van der Waals surface area contributed by atoms with Crippen molar-refractivity contribution in [2.75, 3.05) is 11.9 Å². The van der Waals surface area contributed by atoms with Crippen molar-refractivity contribution in [3.63, 3.8) is 0 Å². The number of hydrazine groups is 1. The summed E-state index contributed by atoms with van der Waals surface area (Å²) in [5.41, 5.74) is 6.98. The zero-order valence-electron chi connectivity index (χ0n) is 13.4. The van der Waals surface area contributed by atoms with Crippen molar-refractivity contribution < 1.29 is 18.7 Å². The normalized spacial score (nSPS) is 9.96. The summed E-state index contributed by atoms with van der Waals surface area (Å²) in [5, 5.41) is 2.44. The summed E-state index contributed by atoms with van der Waals surface area (Å²) in [4.78, 5) is 23.2. The highest BCUT2D eigenvalue weighted by molar-refractivity contribution is 5.91. The van der Waals surface area contributed by atoms with E-state index in [4.69, 9.17) is 4.74 Å². The van der Waals surface area contributed by atoms with Crippen LogP contribution < -0.4 is 20.9 Å². The van der Waals surface area contributed by atoms with Crippen molar-refractivity contribution in [2.24, 2.45) is 0 Å². The molecule has 24 heavy (non-hydrogen) atoms. The molecule has 3 N–H and O–H groups in total. The zero-order valence-corrected chi connectivity index (χ0v) is 13.4. The van der Waals surface area contributed by atoms with Crippen molar-refractivity contribution in [1.82, 2.24) is 10.9 Å². The molecule has 0 fully saturated rings. The molecular formula is C17H18FN3O3. The molecule has 0 spiro atoms. The van der Waals surface area contributed by atoms with Crippen LogP contribution in [0, 0.1) is 19.7 Å². The van der Waals surface area contributed by atoms with Gasteiger partial charge in [-0.1, -0.05) is 6.07 Å². The second-order valence-corrected chi connectivity index (χ2v) is 5.17. The fraction of sp³-hybridized carbons (Fsp3) is 0.176. The molecule has 0 saturated carbocycles. The van der Waals surface area contributed by atoms with Gasteiger partial charge in [-0.2, -0.15) is 0 Å². The van der Waals surface area contributed by atoms with E-state index in [0.29, 0.717) is 11.4 Å². The molecule has 0 saturated heterocycles. The number of carbonyl (C=O) groups is 2. The van der Waals surface area contributed by atoms with Crippen molar-refractivity contribution in [3.8, 4) is 5.75 Å². The van der Waals surface area contributed by atoms with Gasteiger partial charge in [-0.3, -0.25) is 10.2 Å². The Hall–Kier alpha value is -3.09. The highest BCUT2D eigenvalue weighted by atomic mass is 19.1. The number of nitrogens with one attached hydrogen (secondary N) is 3. The first kappa shape index (κ1) is 17.3. The number of amides is 3. The lowest BCUT2D eigenvalue weighted by atomic mass is 10.1. The highest BCUT2D eigenvalue weighted by Gasteiger charge is 2.06. The van der Waals surface area contributed by atoms with Crippen LogP contribution in [-0.2, 0) is 4.79 Å². The summed E-state index contributed by atoms with van der Waals surface area (Å²) in [7, 11) is 0. The molecule has 0 aliphatic carbocycles. The quantitative estimate of drug-likeness (QED) is 0.754. The number of aryl methyl sites for hydroxylation is 2. The number of halogens is 1. The first-order valence-electron chi connectivity index (χ1n) is 7.25. The number of ether oxygens (including phenoxy) is 1. The number of anilines is 1. The summed E-state index contributed by atoms with van der Waals surface area (Å²) in [6.45, 7) is 3.69. The lowest BCUT2D eigenvalue weighted by Gasteiger charge is -2.10. The Kier molecular flexibility index (Phi) is 5.73. The van der Waals surface area contributed by atoms with E-state index in [2.05, 4.69) is 16.2 Å². The minimum Gasteiger partial charge on any atom is -0.484 e. The molecule has 0 aliphatic heterocycles. The summed E-state index contributed by atoms with van der Waals surface area (Å²) in [6, 6.07) is 10.1. The topological polar surface area (TPSA) is 79.5 Å². The molecule has 3 amide bonds. The van der Waals surface area contributed by atoms with E-state index < -0.39 is 17.8 Å². The lowest BCUT2D eigenvalue weighted by molar-refractivity contribution is -0.123. The van der Waals surface area contributed by atoms with Gasteiger partial charge in [0.1, 0.15) is 11.6 Å². The third kappa shape index (κ3) is 5.28. The lowest BCUT2D eigenvalue weighted by Crippen LogP contribution is -2.45. The number of rotatable bonds is 4. The summed E-state index contributed by atoms with van der Waals surface area (Å²) < 4.78 is 18.1. The molecule has 126 valence electrons. The molecule has 2 rings (SSSR count). The number of urea groups is 1. The van der Waals surface area contributed by atoms with Gasteiger partial charge >= 0.3 is 6.03 Å².